The van der Waals surface area contributed by atoms with E-state index in [9.17, 15) is 0 Å². The normalized spacial score (nSPS) is 18.5. The third-order valence-electron chi connectivity index (χ3n) is 1.92. The molecule has 0 N–H and O–H groups in total. The highest BCUT2D eigenvalue weighted by Gasteiger charge is 2.19. The van der Waals surface area contributed by atoms with Crippen LogP contribution in [0.4, 0.5) is 0 Å². The van der Waals surface area contributed by atoms with Crippen molar-refractivity contribution in [2.75, 3.05) is 20.3 Å². The minimum Gasteiger partial charge on any atom is -0.486 e. The molecule has 4 heteroatoms. The molecule has 0 saturated heterocycles. The SMILES string of the molecule is COC[C@H]1COc2ccccc2O1.S. The molecular weight excluding hydrogens is 200 g/mol. The zero-order chi connectivity index (χ0) is 9.10. The molecule has 78 valence electrons. The van der Waals surface area contributed by atoms with Crippen molar-refractivity contribution in [3.05, 3.63) is 24.3 Å². The Morgan fingerprint density at radius 2 is 2.07 bits per heavy atom. The van der Waals surface area contributed by atoms with Gasteiger partial charge in [0.05, 0.1) is 6.61 Å². The van der Waals surface area contributed by atoms with E-state index in [-0.39, 0.29) is 19.6 Å². The molecule has 0 aliphatic carbocycles. The average molecular weight is 214 g/mol. The standard InChI is InChI=1S/C10H12O3.H2S/c1-11-6-8-7-12-9-4-2-3-5-10(9)13-8;/h2-5,8H,6-7H2,1H3;1H2/t8-;/m0./s1. The Morgan fingerprint density at radius 1 is 1.36 bits per heavy atom. The number of rotatable bonds is 2. The summed E-state index contributed by atoms with van der Waals surface area (Å²) in [6.07, 6.45) is 0.0138. The van der Waals surface area contributed by atoms with E-state index in [2.05, 4.69) is 0 Å². The van der Waals surface area contributed by atoms with Crippen molar-refractivity contribution in [2.24, 2.45) is 0 Å². The summed E-state index contributed by atoms with van der Waals surface area (Å²) in [4.78, 5) is 0. The van der Waals surface area contributed by atoms with Gasteiger partial charge in [0.25, 0.3) is 0 Å². The summed E-state index contributed by atoms with van der Waals surface area (Å²) in [5.74, 6) is 1.62. The quantitative estimate of drug-likeness (QED) is 0.748. The van der Waals surface area contributed by atoms with E-state index in [1.54, 1.807) is 7.11 Å². The third-order valence-corrected chi connectivity index (χ3v) is 1.92. The topological polar surface area (TPSA) is 27.7 Å². The van der Waals surface area contributed by atoms with Crippen molar-refractivity contribution in [3.63, 3.8) is 0 Å². The fourth-order valence-electron chi connectivity index (χ4n) is 1.33. The molecule has 0 amide bonds. The largest absolute Gasteiger partial charge is 0.486 e. The molecule has 14 heavy (non-hydrogen) atoms. The Hall–Kier alpha value is -0.870. The Balaban J connectivity index is 0.000000980. The minimum atomic E-state index is 0. The number of methoxy groups -OCH3 is 1. The average Bonchev–Trinajstić information content (AvgIpc) is 2.18. The fraction of sp³-hybridized carbons (Fsp3) is 0.400. The molecule has 2 rings (SSSR count). The van der Waals surface area contributed by atoms with Crippen LogP contribution in [0.3, 0.4) is 0 Å². The highest BCUT2D eigenvalue weighted by atomic mass is 32.1. The van der Waals surface area contributed by atoms with E-state index in [1.165, 1.54) is 0 Å². The summed E-state index contributed by atoms with van der Waals surface area (Å²) < 4.78 is 16.1. The summed E-state index contributed by atoms with van der Waals surface area (Å²) in [7, 11) is 1.66. The molecule has 0 saturated carbocycles. The molecule has 0 bridgehead atoms. The Kier molecular flexibility index (Phi) is 4.10. The van der Waals surface area contributed by atoms with Crippen LogP contribution in [0.25, 0.3) is 0 Å². The predicted molar refractivity (Wildman–Crippen MR) is 58.6 cm³/mol. The molecule has 1 heterocycles. The lowest BCUT2D eigenvalue weighted by molar-refractivity contribution is 0.0272. The maximum Gasteiger partial charge on any atom is 0.161 e. The lowest BCUT2D eigenvalue weighted by atomic mass is 10.3. The van der Waals surface area contributed by atoms with Gasteiger partial charge < -0.3 is 14.2 Å². The second-order valence-electron chi connectivity index (χ2n) is 2.95. The summed E-state index contributed by atoms with van der Waals surface area (Å²) in [6.45, 7) is 1.12. The smallest absolute Gasteiger partial charge is 0.161 e. The molecule has 0 spiro atoms. The van der Waals surface area contributed by atoms with Crippen LogP contribution in [0.2, 0.25) is 0 Å². The van der Waals surface area contributed by atoms with Crippen molar-refractivity contribution < 1.29 is 14.2 Å². The van der Waals surface area contributed by atoms with E-state index < -0.39 is 0 Å². The van der Waals surface area contributed by atoms with Crippen LogP contribution in [-0.2, 0) is 4.74 Å². The number of hydrogen-bond donors (Lipinski definition) is 0. The van der Waals surface area contributed by atoms with Crippen molar-refractivity contribution in [1.82, 2.24) is 0 Å². The highest BCUT2D eigenvalue weighted by molar-refractivity contribution is 7.59. The van der Waals surface area contributed by atoms with Gasteiger partial charge in [0, 0.05) is 7.11 Å². The lowest BCUT2D eigenvalue weighted by Gasteiger charge is -2.25. The number of ether oxygens (including phenoxy) is 3. The van der Waals surface area contributed by atoms with E-state index in [0.717, 1.165) is 11.5 Å². The monoisotopic (exact) mass is 214 g/mol. The summed E-state index contributed by atoms with van der Waals surface area (Å²) in [5, 5.41) is 0. The summed E-state index contributed by atoms with van der Waals surface area (Å²) in [6, 6.07) is 7.66. The van der Waals surface area contributed by atoms with Crippen LogP contribution in [0.5, 0.6) is 11.5 Å². The van der Waals surface area contributed by atoms with Gasteiger partial charge in [-0.05, 0) is 12.1 Å². The van der Waals surface area contributed by atoms with Crippen molar-refractivity contribution in [2.45, 2.75) is 6.10 Å². The summed E-state index contributed by atoms with van der Waals surface area (Å²) >= 11 is 0. The first-order valence-corrected chi connectivity index (χ1v) is 4.27. The van der Waals surface area contributed by atoms with Crippen LogP contribution in [0.15, 0.2) is 24.3 Å². The second-order valence-corrected chi connectivity index (χ2v) is 2.95. The number of fused-ring (bicyclic) bond motifs is 1. The van der Waals surface area contributed by atoms with Crippen LogP contribution in [0, 0.1) is 0 Å². The van der Waals surface area contributed by atoms with Gasteiger partial charge in [-0.15, -0.1) is 0 Å². The number of hydrogen-bond acceptors (Lipinski definition) is 3. The van der Waals surface area contributed by atoms with Gasteiger partial charge in [0.15, 0.2) is 17.6 Å². The first-order valence-electron chi connectivity index (χ1n) is 4.27. The minimum absolute atomic E-state index is 0. The molecule has 1 aromatic rings. The summed E-state index contributed by atoms with van der Waals surface area (Å²) in [5.41, 5.74) is 0. The molecule has 0 unspecified atom stereocenters. The van der Waals surface area contributed by atoms with Crippen LogP contribution in [0.1, 0.15) is 0 Å². The Morgan fingerprint density at radius 3 is 2.79 bits per heavy atom. The lowest BCUT2D eigenvalue weighted by Crippen LogP contribution is -2.32. The van der Waals surface area contributed by atoms with Gasteiger partial charge in [-0.25, -0.2) is 0 Å². The molecule has 0 fully saturated rings. The van der Waals surface area contributed by atoms with E-state index in [4.69, 9.17) is 14.2 Å². The van der Waals surface area contributed by atoms with Crippen LogP contribution >= 0.6 is 13.5 Å². The van der Waals surface area contributed by atoms with Crippen LogP contribution in [-0.4, -0.2) is 26.4 Å². The molecule has 1 aliphatic heterocycles. The first-order chi connectivity index (χ1) is 6.40. The van der Waals surface area contributed by atoms with Gasteiger partial charge in [-0.1, -0.05) is 12.1 Å². The second kappa shape index (κ2) is 5.12. The van der Waals surface area contributed by atoms with E-state index in [0.29, 0.717) is 13.2 Å². The zero-order valence-electron chi connectivity index (χ0n) is 8.03. The maximum atomic E-state index is 5.62. The van der Waals surface area contributed by atoms with Gasteiger partial charge in [0.1, 0.15) is 6.61 Å². The van der Waals surface area contributed by atoms with Gasteiger partial charge in [-0.2, -0.15) is 13.5 Å². The third kappa shape index (κ3) is 2.33. The van der Waals surface area contributed by atoms with Crippen molar-refractivity contribution in [3.8, 4) is 11.5 Å². The number of para-hydroxylation sites is 2. The zero-order valence-corrected chi connectivity index (χ0v) is 9.03. The highest BCUT2D eigenvalue weighted by Crippen LogP contribution is 2.30. The van der Waals surface area contributed by atoms with Crippen molar-refractivity contribution in [1.29, 1.82) is 0 Å². The maximum absolute atomic E-state index is 5.62. The fourth-order valence-corrected chi connectivity index (χ4v) is 1.33. The molecule has 0 aromatic heterocycles. The van der Waals surface area contributed by atoms with E-state index >= 15 is 0 Å². The molecule has 3 nitrogen and oxygen atoms in total. The van der Waals surface area contributed by atoms with Gasteiger partial charge in [-0.3, -0.25) is 0 Å². The molecule has 1 aromatic carbocycles. The van der Waals surface area contributed by atoms with Gasteiger partial charge in [0.2, 0.25) is 0 Å². The van der Waals surface area contributed by atoms with Crippen molar-refractivity contribution >= 4 is 13.5 Å². The van der Waals surface area contributed by atoms with Gasteiger partial charge >= 0.3 is 0 Å². The predicted octanol–water partition coefficient (Wildman–Crippen LogP) is 1.59. The molecule has 1 atom stereocenters. The Bertz CT molecular complexity index is 290. The van der Waals surface area contributed by atoms with E-state index in [1.807, 2.05) is 24.3 Å². The number of benzene rings is 1. The molecule has 1 aliphatic rings. The molecule has 0 radical (unpaired) electrons. The Labute approximate surface area is 90.4 Å². The molecular formula is C10H14O3S. The first kappa shape index (κ1) is 11.2. The van der Waals surface area contributed by atoms with Crippen LogP contribution < -0.4 is 9.47 Å².